The molecule has 0 aromatic carbocycles. The van der Waals surface area contributed by atoms with Crippen LogP contribution in [0.1, 0.15) is 32.1 Å². The lowest BCUT2D eigenvalue weighted by atomic mass is 9.94. The summed E-state index contributed by atoms with van der Waals surface area (Å²) in [5.74, 6) is 2.19. The lowest BCUT2D eigenvalue weighted by Crippen LogP contribution is -2.40. The Balaban J connectivity index is 1.46. The monoisotopic (exact) mass is 402 g/mol. The number of nitrogens with zero attached hydrogens (tertiary/aromatic N) is 3. The molecule has 1 aromatic rings. The molecule has 3 fully saturated rings. The molecule has 4 heterocycles. The van der Waals surface area contributed by atoms with E-state index in [1.54, 1.807) is 0 Å². The first-order chi connectivity index (χ1) is 14.3. The molecule has 160 valence electrons. The normalized spacial score (nSPS) is 21.9. The van der Waals surface area contributed by atoms with Crippen molar-refractivity contribution in [1.82, 2.24) is 10.3 Å². The zero-order valence-electron chi connectivity index (χ0n) is 17.4. The number of rotatable bonds is 6. The zero-order chi connectivity index (χ0) is 19.9. The van der Waals surface area contributed by atoms with Crippen LogP contribution in [-0.4, -0.2) is 70.0 Å². The first kappa shape index (κ1) is 20.6. The van der Waals surface area contributed by atoms with E-state index in [-0.39, 0.29) is 5.91 Å². The van der Waals surface area contributed by atoms with E-state index in [9.17, 15) is 4.79 Å². The van der Waals surface area contributed by atoms with Gasteiger partial charge in [0.05, 0.1) is 25.1 Å². The number of carbonyl (C=O) groups excluding carboxylic acids is 1. The summed E-state index contributed by atoms with van der Waals surface area (Å²) in [6.45, 7) is 7.67. The van der Waals surface area contributed by atoms with Crippen molar-refractivity contribution in [3.05, 3.63) is 18.3 Å². The summed E-state index contributed by atoms with van der Waals surface area (Å²) in [7, 11) is 0. The number of morpholine rings is 1. The maximum Gasteiger partial charge on any atom is 0.227 e. The summed E-state index contributed by atoms with van der Waals surface area (Å²) < 4.78 is 10.9. The average molecular weight is 403 g/mol. The Morgan fingerprint density at radius 3 is 2.45 bits per heavy atom. The molecule has 0 aliphatic carbocycles. The van der Waals surface area contributed by atoms with E-state index in [0.717, 1.165) is 96.3 Å². The molecule has 4 rings (SSSR count). The molecule has 0 radical (unpaired) electrons. The molecule has 3 aliphatic rings. The zero-order valence-corrected chi connectivity index (χ0v) is 17.4. The van der Waals surface area contributed by atoms with E-state index in [1.165, 1.54) is 0 Å². The maximum atomic E-state index is 13.3. The molecule has 0 spiro atoms. The van der Waals surface area contributed by atoms with Gasteiger partial charge in [0.1, 0.15) is 5.82 Å². The largest absolute Gasteiger partial charge is 0.381 e. The number of hydrogen-bond donors (Lipinski definition) is 1. The van der Waals surface area contributed by atoms with Gasteiger partial charge in [-0.1, -0.05) is 0 Å². The number of anilines is 2. The highest BCUT2D eigenvalue weighted by atomic mass is 16.5. The smallest absolute Gasteiger partial charge is 0.227 e. The van der Waals surface area contributed by atoms with Crippen LogP contribution in [-0.2, 0) is 14.3 Å². The van der Waals surface area contributed by atoms with Gasteiger partial charge >= 0.3 is 0 Å². The van der Waals surface area contributed by atoms with Crippen molar-refractivity contribution >= 4 is 17.4 Å². The van der Waals surface area contributed by atoms with Crippen molar-refractivity contribution < 1.29 is 14.3 Å². The second-order valence-corrected chi connectivity index (χ2v) is 8.43. The molecule has 1 N–H and O–H groups in total. The van der Waals surface area contributed by atoms with E-state index in [4.69, 9.17) is 9.47 Å². The predicted octanol–water partition coefficient (Wildman–Crippen LogP) is 2.07. The molecule has 0 atom stereocenters. The van der Waals surface area contributed by atoms with Gasteiger partial charge in [-0.15, -0.1) is 0 Å². The highest BCUT2D eigenvalue weighted by molar-refractivity contribution is 5.93. The highest BCUT2D eigenvalue weighted by Crippen LogP contribution is 2.26. The lowest BCUT2D eigenvalue weighted by molar-refractivity contribution is -0.120. The van der Waals surface area contributed by atoms with Crippen molar-refractivity contribution in [2.75, 3.05) is 69.0 Å². The molecule has 3 aliphatic heterocycles. The Morgan fingerprint density at radius 2 is 1.76 bits per heavy atom. The molecule has 1 amide bonds. The molecule has 3 saturated heterocycles. The Bertz CT molecular complexity index is 636. The van der Waals surface area contributed by atoms with Crippen molar-refractivity contribution in [2.24, 2.45) is 11.8 Å². The van der Waals surface area contributed by atoms with E-state index in [1.807, 2.05) is 11.1 Å². The third-order valence-corrected chi connectivity index (χ3v) is 6.38. The highest BCUT2D eigenvalue weighted by Gasteiger charge is 2.26. The van der Waals surface area contributed by atoms with Gasteiger partial charge in [-0.05, 0) is 62.7 Å². The first-order valence-corrected chi connectivity index (χ1v) is 11.2. The molecule has 7 nitrogen and oxygen atoms in total. The van der Waals surface area contributed by atoms with Crippen LogP contribution in [0.2, 0.25) is 0 Å². The minimum Gasteiger partial charge on any atom is -0.381 e. The van der Waals surface area contributed by atoms with Crippen molar-refractivity contribution in [1.29, 1.82) is 0 Å². The number of amides is 1. The van der Waals surface area contributed by atoms with Gasteiger partial charge in [-0.3, -0.25) is 4.79 Å². The molecular weight excluding hydrogens is 368 g/mol. The fourth-order valence-corrected chi connectivity index (χ4v) is 4.50. The van der Waals surface area contributed by atoms with Crippen LogP contribution in [0, 0.1) is 11.8 Å². The Labute approximate surface area is 173 Å². The summed E-state index contributed by atoms with van der Waals surface area (Å²) in [6.07, 6.45) is 6.72. The molecular formula is C22H34N4O3. The van der Waals surface area contributed by atoms with Gasteiger partial charge in [0.25, 0.3) is 0 Å². The number of nitrogens with one attached hydrogen (secondary N) is 1. The minimum atomic E-state index is 0.233. The molecule has 0 saturated carbocycles. The van der Waals surface area contributed by atoms with Crippen molar-refractivity contribution in [3.63, 3.8) is 0 Å². The van der Waals surface area contributed by atoms with Crippen LogP contribution in [0.25, 0.3) is 0 Å². The molecule has 7 heteroatoms. The van der Waals surface area contributed by atoms with E-state index >= 15 is 0 Å². The number of pyridine rings is 1. The van der Waals surface area contributed by atoms with Crippen molar-refractivity contribution in [3.8, 4) is 0 Å². The van der Waals surface area contributed by atoms with E-state index < -0.39 is 0 Å². The standard InChI is InChI=1S/C22H34N4O3/c27-22(15-18-5-11-28-12-6-18)26(17-19-3-7-23-8-4-19)20-1-2-21(24-16-20)25-9-13-29-14-10-25/h1-2,16,18-19,23H,3-15,17H2. The summed E-state index contributed by atoms with van der Waals surface area (Å²) in [4.78, 5) is 22.2. The van der Waals surface area contributed by atoms with Gasteiger partial charge in [0, 0.05) is 39.3 Å². The Kier molecular flexibility index (Phi) is 7.35. The SMILES string of the molecule is O=C(CC1CCOCC1)N(CC1CCNCC1)c1ccc(N2CCOCC2)nc1. The molecule has 1 aromatic heterocycles. The minimum absolute atomic E-state index is 0.233. The third kappa shape index (κ3) is 5.68. The summed E-state index contributed by atoms with van der Waals surface area (Å²) in [6, 6.07) is 4.12. The third-order valence-electron chi connectivity index (χ3n) is 6.38. The van der Waals surface area contributed by atoms with Crippen LogP contribution in [0.15, 0.2) is 18.3 Å². The second kappa shape index (κ2) is 10.4. The van der Waals surface area contributed by atoms with Crippen LogP contribution in [0.4, 0.5) is 11.5 Å². The second-order valence-electron chi connectivity index (χ2n) is 8.43. The summed E-state index contributed by atoms with van der Waals surface area (Å²) >= 11 is 0. The van der Waals surface area contributed by atoms with Gasteiger partial charge in [-0.25, -0.2) is 4.98 Å². The first-order valence-electron chi connectivity index (χ1n) is 11.2. The van der Waals surface area contributed by atoms with Crippen LogP contribution >= 0.6 is 0 Å². The van der Waals surface area contributed by atoms with Crippen LogP contribution in [0.5, 0.6) is 0 Å². The fraction of sp³-hybridized carbons (Fsp3) is 0.727. The van der Waals surface area contributed by atoms with E-state index in [2.05, 4.69) is 27.3 Å². The average Bonchev–Trinajstić information content (AvgIpc) is 2.79. The number of ether oxygens (including phenoxy) is 2. The summed E-state index contributed by atoms with van der Waals surface area (Å²) in [5.41, 5.74) is 0.928. The fourth-order valence-electron chi connectivity index (χ4n) is 4.50. The van der Waals surface area contributed by atoms with Gasteiger partial charge in [-0.2, -0.15) is 0 Å². The van der Waals surface area contributed by atoms with Gasteiger partial charge in [0.2, 0.25) is 5.91 Å². The van der Waals surface area contributed by atoms with Crippen molar-refractivity contribution in [2.45, 2.75) is 32.1 Å². The number of hydrogen-bond acceptors (Lipinski definition) is 6. The maximum absolute atomic E-state index is 13.3. The summed E-state index contributed by atoms with van der Waals surface area (Å²) in [5, 5.41) is 3.42. The Morgan fingerprint density at radius 1 is 1.03 bits per heavy atom. The topological polar surface area (TPSA) is 66.9 Å². The lowest BCUT2D eigenvalue weighted by Gasteiger charge is -2.32. The molecule has 0 bridgehead atoms. The van der Waals surface area contributed by atoms with E-state index in [0.29, 0.717) is 18.3 Å². The number of aromatic nitrogens is 1. The van der Waals surface area contributed by atoms with Crippen LogP contribution in [0.3, 0.4) is 0 Å². The Hall–Kier alpha value is -1.70. The predicted molar refractivity (Wildman–Crippen MR) is 113 cm³/mol. The van der Waals surface area contributed by atoms with Crippen LogP contribution < -0.4 is 15.1 Å². The molecule has 0 unspecified atom stereocenters. The molecule has 29 heavy (non-hydrogen) atoms. The van der Waals surface area contributed by atoms with Gasteiger partial charge in [0.15, 0.2) is 0 Å². The quantitative estimate of drug-likeness (QED) is 0.786. The number of carbonyl (C=O) groups is 1. The van der Waals surface area contributed by atoms with Gasteiger partial charge < -0.3 is 24.6 Å². The number of piperidine rings is 1.